The zero-order chi connectivity index (χ0) is 24.7. The first-order valence-electron chi connectivity index (χ1n) is 11.1. The maximum absolute atomic E-state index is 14.5. The Balaban J connectivity index is 1.53. The minimum absolute atomic E-state index is 0.0252. The van der Waals surface area contributed by atoms with Gasteiger partial charge in [0.2, 0.25) is 11.8 Å². The van der Waals surface area contributed by atoms with Crippen molar-refractivity contribution in [1.82, 2.24) is 34.5 Å². The van der Waals surface area contributed by atoms with Crippen molar-refractivity contribution >= 4 is 22.5 Å². The lowest BCUT2D eigenvalue weighted by molar-refractivity contribution is -0.0675. The summed E-state index contributed by atoms with van der Waals surface area (Å²) in [5.74, 6) is -2.72. The van der Waals surface area contributed by atoms with Crippen molar-refractivity contribution in [3.63, 3.8) is 0 Å². The molecule has 0 saturated carbocycles. The maximum Gasteiger partial charge on any atom is 0.280 e. The molecule has 0 amide bonds. The Morgan fingerprint density at radius 3 is 2.74 bits per heavy atom. The minimum Gasteiger partial charge on any atom is -0.479 e. The average molecular weight is 492 g/mol. The van der Waals surface area contributed by atoms with Crippen molar-refractivity contribution in [2.24, 2.45) is 0 Å². The predicted octanol–water partition coefficient (Wildman–Crippen LogP) is 3.38. The van der Waals surface area contributed by atoms with Crippen LogP contribution in [0, 0.1) is 0 Å². The highest BCUT2D eigenvalue weighted by molar-refractivity contribution is 5.89. The van der Waals surface area contributed by atoms with E-state index in [2.05, 4.69) is 25.7 Å². The summed E-state index contributed by atoms with van der Waals surface area (Å²) in [6.45, 7) is -1.65. The lowest BCUT2D eigenvalue weighted by atomic mass is 10.0. The summed E-state index contributed by atoms with van der Waals surface area (Å²) in [6, 6.07) is 4.83. The molecule has 1 unspecified atom stereocenters. The highest BCUT2D eigenvalue weighted by atomic mass is 19.3. The summed E-state index contributed by atoms with van der Waals surface area (Å²) in [5, 5.41) is 15.0. The minimum atomic E-state index is -2.94. The van der Waals surface area contributed by atoms with Crippen molar-refractivity contribution < 1.29 is 22.3 Å². The molecule has 0 bridgehead atoms. The Hall–Kier alpha value is -3.48. The molecule has 3 aromatic heterocycles. The Kier molecular flexibility index (Phi) is 5.95. The van der Waals surface area contributed by atoms with Crippen molar-refractivity contribution in [1.29, 1.82) is 0 Å². The third-order valence-corrected chi connectivity index (χ3v) is 6.25. The highest BCUT2D eigenvalue weighted by Gasteiger charge is 2.44. The van der Waals surface area contributed by atoms with Gasteiger partial charge in [0, 0.05) is 18.3 Å². The van der Waals surface area contributed by atoms with Gasteiger partial charge in [-0.25, -0.2) is 26.8 Å². The van der Waals surface area contributed by atoms with Crippen LogP contribution in [0.4, 0.5) is 23.5 Å². The molecule has 1 saturated heterocycles. The zero-order valence-electron chi connectivity index (χ0n) is 19.1. The monoisotopic (exact) mass is 492 g/mol. The topological polar surface area (TPSA) is 85.4 Å². The molecule has 1 aromatic carbocycles. The Morgan fingerprint density at radius 1 is 1.23 bits per heavy atom. The molecule has 1 N–H and O–H groups in total. The third-order valence-electron chi connectivity index (χ3n) is 6.25. The fraction of sp³-hybridized carbons (Fsp3) is 0.455. The number of piperidine rings is 1. The number of nitrogens with one attached hydrogen (secondary N) is 1. The van der Waals surface area contributed by atoms with Gasteiger partial charge in [0.1, 0.15) is 30.4 Å². The molecule has 9 nitrogen and oxygen atoms in total. The summed E-state index contributed by atoms with van der Waals surface area (Å²) in [7, 11) is 3.09. The zero-order valence-corrected chi connectivity index (χ0v) is 19.1. The standard InChI is InChI=1S/C22H24F4N8O/c1-32-7-6-18(22(25,26)12-32)27-21-28-20(35-2)19-15(5-8-33(19)30-21)13-3-4-16-17(9-13)34(31-29-16)14(10-23)11-24/h3-5,8-9,14,18H,6-7,10-12H2,1-2H3,(H,27,30). The van der Waals surface area contributed by atoms with Gasteiger partial charge in [0.15, 0.2) is 0 Å². The van der Waals surface area contributed by atoms with Gasteiger partial charge in [0.25, 0.3) is 5.92 Å². The number of nitrogens with zero attached hydrogens (tertiary/aromatic N) is 7. The molecular weight excluding hydrogens is 468 g/mol. The van der Waals surface area contributed by atoms with Crippen LogP contribution in [0.3, 0.4) is 0 Å². The van der Waals surface area contributed by atoms with Crippen LogP contribution in [0.1, 0.15) is 12.5 Å². The van der Waals surface area contributed by atoms with E-state index >= 15 is 0 Å². The number of benzene rings is 1. The van der Waals surface area contributed by atoms with Crippen LogP contribution in [0.15, 0.2) is 30.5 Å². The Morgan fingerprint density at radius 2 is 2.03 bits per heavy atom. The summed E-state index contributed by atoms with van der Waals surface area (Å²) in [5.41, 5.74) is 2.87. The normalized spacial score (nSPS) is 18.5. The lowest BCUT2D eigenvalue weighted by Gasteiger charge is -2.36. The van der Waals surface area contributed by atoms with Crippen molar-refractivity contribution in [2.45, 2.75) is 24.4 Å². The van der Waals surface area contributed by atoms with E-state index in [0.717, 1.165) is 0 Å². The van der Waals surface area contributed by atoms with E-state index in [4.69, 9.17) is 4.74 Å². The van der Waals surface area contributed by atoms with Gasteiger partial charge < -0.3 is 15.0 Å². The SMILES string of the molecule is COc1nc(NC2CCN(C)CC2(F)F)nn2ccc(-c3ccc4nnn(C(CF)CF)c4c3)c12. The van der Waals surface area contributed by atoms with Gasteiger partial charge >= 0.3 is 0 Å². The smallest absolute Gasteiger partial charge is 0.280 e. The van der Waals surface area contributed by atoms with E-state index in [1.807, 2.05) is 0 Å². The van der Waals surface area contributed by atoms with Crippen molar-refractivity contribution in [2.75, 3.05) is 45.9 Å². The number of alkyl halides is 4. The van der Waals surface area contributed by atoms with Gasteiger partial charge in [-0.15, -0.1) is 10.2 Å². The molecular formula is C22H24F4N8O. The van der Waals surface area contributed by atoms with Crippen LogP contribution in [0.5, 0.6) is 5.88 Å². The lowest BCUT2D eigenvalue weighted by Crippen LogP contribution is -2.53. The summed E-state index contributed by atoms with van der Waals surface area (Å²) >= 11 is 0. The fourth-order valence-corrected chi connectivity index (χ4v) is 4.42. The van der Waals surface area contributed by atoms with Crippen LogP contribution < -0.4 is 10.1 Å². The maximum atomic E-state index is 14.5. The van der Waals surface area contributed by atoms with Crippen LogP contribution in [-0.2, 0) is 0 Å². The number of fused-ring (bicyclic) bond motifs is 2. The van der Waals surface area contributed by atoms with Gasteiger partial charge in [-0.05, 0) is 37.2 Å². The molecule has 4 heterocycles. The molecule has 13 heteroatoms. The molecule has 0 aliphatic carbocycles. The summed E-state index contributed by atoms with van der Waals surface area (Å²) in [4.78, 5) is 5.93. The number of methoxy groups -OCH3 is 1. The molecule has 0 radical (unpaired) electrons. The molecule has 4 aromatic rings. The van der Waals surface area contributed by atoms with Gasteiger partial charge in [-0.2, -0.15) is 4.98 Å². The van der Waals surface area contributed by atoms with E-state index in [0.29, 0.717) is 34.2 Å². The number of hydrogen-bond acceptors (Lipinski definition) is 7. The second-order valence-corrected chi connectivity index (χ2v) is 8.65. The van der Waals surface area contributed by atoms with Gasteiger partial charge in [-0.3, -0.25) is 0 Å². The quantitative estimate of drug-likeness (QED) is 0.396. The van der Waals surface area contributed by atoms with E-state index < -0.39 is 31.4 Å². The second-order valence-electron chi connectivity index (χ2n) is 8.65. The third kappa shape index (κ3) is 4.13. The first-order chi connectivity index (χ1) is 16.8. The molecule has 0 spiro atoms. The number of hydrogen-bond donors (Lipinski definition) is 1. The Labute approximate surface area is 197 Å². The van der Waals surface area contributed by atoms with E-state index in [9.17, 15) is 17.6 Å². The molecule has 5 rings (SSSR count). The van der Waals surface area contributed by atoms with E-state index in [-0.39, 0.29) is 24.8 Å². The fourth-order valence-electron chi connectivity index (χ4n) is 4.42. The summed E-state index contributed by atoms with van der Waals surface area (Å²) in [6.07, 6.45) is 1.91. The molecule has 1 atom stereocenters. The Bertz CT molecular complexity index is 1350. The van der Waals surface area contributed by atoms with Crippen LogP contribution in [0.2, 0.25) is 0 Å². The second kappa shape index (κ2) is 8.95. The number of anilines is 1. The first-order valence-corrected chi connectivity index (χ1v) is 11.1. The largest absolute Gasteiger partial charge is 0.479 e. The number of likely N-dealkylation sites (tertiary alicyclic amines) is 1. The molecule has 186 valence electrons. The molecule has 1 aliphatic heterocycles. The average Bonchev–Trinajstić information content (AvgIpc) is 3.45. The predicted molar refractivity (Wildman–Crippen MR) is 122 cm³/mol. The van der Waals surface area contributed by atoms with Crippen LogP contribution in [-0.4, -0.2) is 87.1 Å². The van der Waals surface area contributed by atoms with Crippen LogP contribution in [0.25, 0.3) is 27.7 Å². The summed E-state index contributed by atoms with van der Waals surface area (Å²) < 4.78 is 63.8. The molecule has 1 aliphatic rings. The van der Waals surface area contributed by atoms with Crippen molar-refractivity contribution in [3.05, 3.63) is 30.5 Å². The highest BCUT2D eigenvalue weighted by Crippen LogP contribution is 2.34. The van der Waals surface area contributed by atoms with E-state index in [1.54, 1.807) is 42.4 Å². The van der Waals surface area contributed by atoms with Crippen molar-refractivity contribution in [3.8, 4) is 17.0 Å². The van der Waals surface area contributed by atoms with E-state index in [1.165, 1.54) is 16.3 Å². The molecule has 35 heavy (non-hydrogen) atoms. The van der Waals surface area contributed by atoms with Crippen LogP contribution >= 0.6 is 0 Å². The van der Waals surface area contributed by atoms with Gasteiger partial charge in [-0.1, -0.05) is 11.3 Å². The number of aromatic nitrogens is 6. The number of ether oxygens (including phenoxy) is 1. The van der Waals surface area contributed by atoms with Gasteiger partial charge in [0.05, 0.1) is 25.2 Å². The number of rotatable bonds is 7. The number of halogens is 4. The molecule has 1 fully saturated rings. The first kappa shape index (κ1) is 23.3.